The number of nitrogens with one attached hydrogen (secondary N) is 1. The molecule has 12 heteroatoms. The lowest BCUT2D eigenvalue weighted by molar-refractivity contribution is -0.138. The quantitative estimate of drug-likeness (QED) is 0.181. The Labute approximate surface area is 329 Å². The van der Waals surface area contributed by atoms with Crippen molar-refractivity contribution in [2.45, 2.75) is 107 Å². The molecule has 3 fully saturated rings. The van der Waals surface area contributed by atoms with Crippen LogP contribution in [0, 0.1) is 0 Å². The Morgan fingerprint density at radius 1 is 0.727 bits per heavy atom. The molecule has 0 bridgehead atoms. The van der Waals surface area contributed by atoms with Crippen LogP contribution in [-0.2, 0) is 19.6 Å². The first-order valence-corrected chi connectivity index (χ1v) is 21.2. The Hall–Kier alpha value is -4.32. The maximum atomic E-state index is 14.5. The van der Waals surface area contributed by atoms with E-state index in [1.807, 2.05) is 93.6 Å². The van der Waals surface area contributed by atoms with Gasteiger partial charge in [0.05, 0.1) is 11.0 Å². The minimum Gasteiger partial charge on any atom is -0.490 e. The lowest BCUT2D eigenvalue weighted by Gasteiger charge is -2.41. The smallest absolute Gasteiger partial charge is 0.407 e. The summed E-state index contributed by atoms with van der Waals surface area (Å²) in [5, 5.41) is 5.25. The fourth-order valence-electron chi connectivity index (χ4n) is 7.79. The first-order chi connectivity index (χ1) is 26.3. The molecule has 0 spiro atoms. The molecule has 292 valence electrons. The summed E-state index contributed by atoms with van der Waals surface area (Å²) in [6, 6.07) is 25.1. The minimum atomic E-state index is -4.08. The van der Waals surface area contributed by atoms with Gasteiger partial charge in [0.2, 0.25) is 15.9 Å². The standard InChI is InChI=1S/C43H50ClN3O7S/c1-43(2,3)54-42(49)45-34-20-23-46(24-21-34)41(48)40-28-38(53-36-16-10-30(11-17-36)29-8-14-33(44)15-9-29)22-25-47(40)55(50,51)39-19-13-31-26-37(18-12-32(31)27-39)52-35-6-4-5-7-35/h8-19,26-27,34-35,38,40H,4-7,20-25,28H2,1-3H3,(H,45,49)/t38-,40+/m1/s1. The number of carbonyl (C=O) groups is 2. The number of carbonyl (C=O) groups excluding carboxylic acids is 2. The molecule has 1 N–H and O–H groups in total. The Balaban J connectivity index is 1.08. The topological polar surface area (TPSA) is 114 Å². The molecule has 0 aromatic heterocycles. The van der Waals surface area contributed by atoms with Crippen molar-refractivity contribution in [3.8, 4) is 22.6 Å². The number of likely N-dealkylation sites (tertiary alicyclic amines) is 1. The first kappa shape index (κ1) is 38.9. The Kier molecular flexibility index (Phi) is 11.6. The summed E-state index contributed by atoms with van der Waals surface area (Å²) < 4.78 is 48.4. The van der Waals surface area contributed by atoms with Crippen molar-refractivity contribution in [3.63, 3.8) is 0 Å². The molecule has 2 saturated heterocycles. The van der Waals surface area contributed by atoms with Gasteiger partial charge in [0, 0.05) is 37.1 Å². The third-order valence-corrected chi connectivity index (χ3v) is 12.8. The van der Waals surface area contributed by atoms with E-state index in [0.717, 1.165) is 40.5 Å². The van der Waals surface area contributed by atoms with Gasteiger partial charge >= 0.3 is 6.09 Å². The lowest BCUT2D eigenvalue weighted by atomic mass is 9.98. The summed E-state index contributed by atoms with van der Waals surface area (Å²) in [5.74, 6) is 1.16. The number of sulfonamides is 1. The van der Waals surface area contributed by atoms with Crippen molar-refractivity contribution in [1.29, 1.82) is 0 Å². The van der Waals surface area contributed by atoms with Crippen LogP contribution in [0.5, 0.6) is 11.5 Å². The van der Waals surface area contributed by atoms with Crippen LogP contribution in [0.2, 0.25) is 5.02 Å². The maximum Gasteiger partial charge on any atom is 0.407 e. The first-order valence-electron chi connectivity index (χ1n) is 19.3. The predicted molar refractivity (Wildman–Crippen MR) is 214 cm³/mol. The van der Waals surface area contributed by atoms with E-state index in [4.69, 9.17) is 25.8 Å². The molecule has 2 amide bonds. The maximum absolute atomic E-state index is 14.5. The van der Waals surface area contributed by atoms with Crippen molar-refractivity contribution in [3.05, 3.63) is 90.0 Å². The van der Waals surface area contributed by atoms with Crippen LogP contribution < -0.4 is 14.8 Å². The zero-order valence-electron chi connectivity index (χ0n) is 31.7. The number of hydrogen-bond donors (Lipinski definition) is 1. The highest BCUT2D eigenvalue weighted by Gasteiger charge is 2.44. The fourth-order valence-corrected chi connectivity index (χ4v) is 9.56. The summed E-state index contributed by atoms with van der Waals surface area (Å²) in [6.45, 7) is 6.31. The SMILES string of the molecule is CC(C)(C)OC(=O)NC1CCN(C(=O)[C@@H]2C[C@H](Oc3ccc(-c4ccc(Cl)cc4)cc3)CCN2S(=O)(=O)c2ccc3cc(OC4CCCC4)ccc3c2)CC1. The molecule has 2 heterocycles. The number of piperidine rings is 2. The van der Waals surface area contributed by atoms with E-state index in [0.29, 0.717) is 43.1 Å². The molecule has 55 heavy (non-hydrogen) atoms. The van der Waals surface area contributed by atoms with Gasteiger partial charge in [-0.1, -0.05) is 48.0 Å². The van der Waals surface area contributed by atoms with E-state index in [1.54, 1.807) is 17.0 Å². The van der Waals surface area contributed by atoms with Crippen LogP contribution >= 0.6 is 11.6 Å². The van der Waals surface area contributed by atoms with Crippen LogP contribution in [0.3, 0.4) is 0 Å². The molecule has 0 radical (unpaired) electrons. The number of nitrogens with zero attached hydrogens (tertiary/aromatic N) is 2. The minimum absolute atomic E-state index is 0.120. The van der Waals surface area contributed by atoms with Crippen LogP contribution in [0.1, 0.15) is 72.1 Å². The van der Waals surface area contributed by atoms with Crippen molar-refractivity contribution in [1.82, 2.24) is 14.5 Å². The van der Waals surface area contributed by atoms with E-state index in [1.165, 1.54) is 17.1 Å². The normalized spacial score (nSPS) is 20.3. The van der Waals surface area contributed by atoms with Crippen molar-refractivity contribution in [2.24, 2.45) is 0 Å². The number of hydrogen-bond acceptors (Lipinski definition) is 7. The summed E-state index contributed by atoms with van der Waals surface area (Å²) in [4.78, 5) is 28.7. The molecule has 2 atom stereocenters. The summed E-state index contributed by atoms with van der Waals surface area (Å²) in [6.07, 6.45) is 5.47. The molecule has 3 aliphatic rings. The second-order valence-corrected chi connectivity index (χ2v) is 18.2. The second kappa shape index (κ2) is 16.4. The van der Waals surface area contributed by atoms with Crippen molar-refractivity contribution < 1.29 is 32.2 Å². The highest BCUT2D eigenvalue weighted by atomic mass is 35.5. The largest absolute Gasteiger partial charge is 0.490 e. The fraction of sp³-hybridized carbons (Fsp3) is 0.442. The van der Waals surface area contributed by atoms with Gasteiger partial charge in [-0.3, -0.25) is 4.79 Å². The number of ether oxygens (including phenoxy) is 3. The van der Waals surface area contributed by atoms with Gasteiger partial charge in [0.25, 0.3) is 0 Å². The van der Waals surface area contributed by atoms with E-state index in [-0.39, 0.29) is 42.0 Å². The highest BCUT2D eigenvalue weighted by molar-refractivity contribution is 7.89. The number of amides is 2. The molecule has 1 aliphatic carbocycles. The van der Waals surface area contributed by atoms with Gasteiger partial charge in [-0.2, -0.15) is 4.31 Å². The second-order valence-electron chi connectivity index (χ2n) is 15.9. The van der Waals surface area contributed by atoms with E-state index < -0.39 is 27.8 Å². The van der Waals surface area contributed by atoms with E-state index >= 15 is 0 Å². The van der Waals surface area contributed by atoms with Crippen LogP contribution in [0.25, 0.3) is 21.9 Å². The van der Waals surface area contributed by atoms with Crippen molar-refractivity contribution in [2.75, 3.05) is 19.6 Å². The number of fused-ring (bicyclic) bond motifs is 1. The molecule has 10 nitrogen and oxygen atoms in total. The van der Waals surface area contributed by atoms with Gasteiger partial charge in [0.1, 0.15) is 29.2 Å². The molecule has 7 rings (SSSR count). The van der Waals surface area contributed by atoms with Crippen molar-refractivity contribution >= 4 is 44.4 Å². The number of benzene rings is 4. The molecule has 1 saturated carbocycles. The zero-order valence-corrected chi connectivity index (χ0v) is 33.3. The Morgan fingerprint density at radius 2 is 1.33 bits per heavy atom. The molecular formula is C43H50ClN3O7S. The Bertz CT molecular complexity index is 2090. The van der Waals surface area contributed by atoms with Gasteiger partial charge in [-0.05, 0) is 136 Å². The lowest BCUT2D eigenvalue weighted by Crippen LogP contribution is -2.58. The zero-order chi connectivity index (χ0) is 38.7. The average molecular weight is 788 g/mol. The van der Waals surface area contributed by atoms with Crippen LogP contribution in [0.15, 0.2) is 89.8 Å². The van der Waals surface area contributed by atoms with Gasteiger partial charge < -0.3 is 24.4 Å². The van der Waals surface area contributed by atoms with E-state index in [9.17, 15) is 18.0 Å². The van der Waals surface area contributed by atoms with Gasteiger partial charge in [-0.25, -0.2) is 13.2 Å². The van der Waals surface area contributed by atoms with Gasteiger partial charge in [0.15, 0.2) is 0 Å². The van der Waals surface area contributed by atoms with Gasteiger partial charge in [-0.15, -0.1) is 0 Å². The number of rotatable bonds is 9. The molecule has 0 unspecified atom stereocenters. The third-order valence-electron chi connectivity index (χ3n) is 10.6. The summed E-state index contributed by atoms with van der Waals surface area (Å²) >= 11 is 6.07. The number of halogens is 1. The molecule has 4 aromatic rings. The molecule has 4 aromatic carbocycles. The molecular weight excluding hydrogens is 738 g/mol. The van der Waals surface area contributed by atoms with E-state index in [2.05, 4.69) is 5.32 Å². The summed E-state index contributed by atoms with van der Waals surface area (Å²) in [5.41, 5.74) is 1.41. The molecule has 2 aliphatic heterocycles. The predicted octanol–water partition coefficient (Wildman–Crippen LogP) is 8.60. The monoisotopic (exact) mass is 787 g/mol. The van der Waals surface area contributed by atoms with Crippen LogP contribution in [-0.4, -0.2) is 79.2 Å². The highest BCUT2D eigenvalue weighted by Crippen LogP contribution is 2.33. The Morgan fingerprint density at radius 3 is 2.00 bits per heavy atom. The van der Waals surface area contributed by atoms with Crippen LogP contribution in [0.4, 0.5) is 4.79 Å². The number of alkyl carbamates (subject to hydrolysis) is 1. The third kappa shape index (κ3) is 9.56. The average Bonchev–Trinajstić information content (AvgIpc) is 3.67. The summed E-state index contributed by atoms with van der Waals surface area (Å²) in [7, 11) is -4.08.